The van der Waals surface area contributed by atoms with E-state index in [0.717, 1.165) is 23.8 Å². The first-order valence-corrected chi connectivity index (χ1v) is 11.7. The number of hydrogen-bond acceptors (Lipinski definition) is 8. The van der Waals surface area contributed by atoms with Gasteiger partial charge < -0.3 is 24.5 Å². The van der Waals surface area contributed by atoms with Crippen LogP contribution in [-0.4, -0.2) is 70.1 Å². The number of tetrazole rings is 1. The molecule has 186 valence electrons. The molecular formula is C19H19F2N6O7P. The third-order valence-electron chi connectivity index (χ3n) is 5.01. The predicted octanol–water partition coefficient (Wildman–Crippen LogP) is 1.56. The Morgan fingerprint density at radius 3 is 2.43 bits per heavy atom. The number of amides is 1. The van der Waals surface area contributed by atoms with E-state index in [4.69, 9.17) is 29.1 Å². The lowest BCUT2D eigenvalue weighted by atomic mass is 10.1. The molecule has 13 nitrogen and oxygen atoms in total. The topological polar surface area (TPSA) is 184 Å². The number of aliphatic hydroxyl groups is 1. The number of halogens is 2. The van der Waals surface area contributed by atoms with Crippen LogP contribution in [0.15, 0.2) is 36.5 Å². The zero-order valence-electron chi connectivity index (χ0n) is 17.7. The molecule has 0 spiro atoms. The van der Waals surface area contributed by atoms with Crippen molar-refractivity contribution in [3.8, 4) is 22.6 Å². The lowest BCUT2D eigenvalue weighted by Crippen LogP contribution is -2.28. The van der Waals surface area contributed by atoms with E-state index in [0.29, 0.717) is 23.1 Å². The Bertz CT molecular complexity index is 1260. The van der Waals surface area contributed by atoms with E-state index < -0.39 is 32.2 Å². The number of carbonyl (C=O) groups is 1. The van der Waals surface area contributed by atoms with Crippen LogP contribution in [0.4, 0.5) is 19.3 Å². The van der Waals surface area contributed by atoms with E-state index in [1.807, 2.05) is 0 Å². The maximum Gasteiger partial charge on any atom is 0.466 e. The molecule has 1 aliphatic carbocycles. The fraction of sp³-hybridized carbons (Fsp3) is 0.316. The van der Waals surface area contributed by atoms with Crippen molar-refractivity contribution in [2.45, 2.75) is 31.3 Å². The highest BCUT2D eigenvalue weighted by molar-refractivity contribution is 7.45. The highest BCUT2D eigenvalue weighted by Gasteiger charge is 2.37. The fourth-order valence-electron chi connectivity index (χ4n) is 3.22. The lowest BCUT2D eigenvalue weighted by molar-refractivity contribution is -0.0503. The zero-order chi connectivity index (χ0) is 25.3. The van der Waals surface area contributed by atoms with Crippen molar-refractivity contribution < 1.29 is 42.7 Å². The summed E-state index contributed by atoms with van der Waals surface area (Å²) in [4.78, 5) is 40.4. The molecule has 1 saturated heterocycles. The van der Waals surface area contributed by atoms with Crippen LogP contribution in [0.25, 0.3) is 22.6 Å². The number of carbonyl (C=O) groups excluding carboxylic acids is 1. The molecule has 2 aliphatic rings. The van der Waals surface area contributed by atoms with Gasteiger partial charge in [-0.1, -0.05) is 6.07 Å². The molecular weight excluding hydrogens is 493 g/mol. The maximum atomic E-state index is 14.7. The molecule has 2 fully saturated rings. The lowest BCUT2D eigenvalue weighted by Gasteiger charge is -2.14. The van der Waals surface area contributed by atoms with E-state index in [9.17, 15) is 13.6 Å². The van der Waals surface area contributed by atoms with Gasteiger partial charge in [0.25, 0.3) is 0 Å². The van der Waals surface area contributed by atoms with Crippen LogP contribution in [0.5, 0.6) is 0 Å². The number of rotatable bonds is 5. The molecule has 0 bridgehead atoms. The van der Waals surface area contributed by atoms with Crippen LogP contribution in [0.1, 0.15) is 18.9 Å². The van der Waals surface area contributed by atoms with Crippen molar-refractivity contribution in [3.05, 3.63) is 42.3 Å². The first kappa shape index (κ1) is 24.8. The molecule has 2 unspecified atom stereocenters. The quantitative estimate of drug-likeness (QED) is 0.364. The van der Waals surface area contributed by atoms with Gasteiger partial charge in [0.05, 0.1) is 18.3 Å². The molecule has 16 heteroatoms. The Morgan fingerprint density at radius 2 is 1.89 bits per heavy atom. The Labute approximate surface area is 195 Å². The highest BCUT2D eigenvalue weighted by Crippen LogP contribution is 2.33. The van der Waals surface area contributed by atoms with Crippen molar-refractivity contribution in [1.82, 2.24) is 25.2 Å². The van der Waals surface area contributed by atoms with Crippen molar-refractivity contribution in [1.29, 1.82) is 0 Å². The van der Waals surface area contributed by atoms with Crippen LogP contribution in [0.3, 0.4) is 0 Å². The van der Waals surface area contributed by atoms with Crippen molar-refractivity contribution in [3.63, 3.8) is 0 Å². The van der Waals surface area contributed by atoms with E-state index in [-0.39, 0.29) is 17.8 Å². The van der Waals surface area contributed by atoms with Gasteiger partial charge in [0.1, 0.15) is 11.5 Å². The normalized spacial score (nSPS) is 18.6. The number of aromatic nitrogens is 5. The zero-order valence-corrected chi connectivity index (χ0v) is 18.6. The molecule has 2 aromatic heterocycles. The largest absolute Gasteiger partial charge is 0.466 e. The van der Waals surface area contributed by atoms with E-state index in [1.165, 1.54) is 18.3 Å². The molecule has 0 radical (unpaired) electrons. The number of hydrogen-bond donors (Lipinski definition) is 4. The Balaban J connectivity index is 0.000000527. The van der Waals surface area contributed by atoms with E-state index in [1.54, 1.807) is 16.9 Å². The average molecular weight is 512 g/mol. The van der Waals surface area contributed by atoms with Gasteiger partial charge in [0, 0.05) is 17.3 Å². The van der Waals surface area contributed by atoms with Gasteiger partial charge in [-0.25, -0.2) is 18.1 Å². The second-order valence-corrected chi connectivity index (χ2v) is 8.71. The molecule has 3 heterocycles. The van der Waals surface area contributed by atoms with Crippen LogP contribution in [0, 0.1) is 5.82 Å². The number of nitrogens with zero attached hydrogens (tertiary/aromatic N) is 6. The third-order valence-corrected chi connectivity index (χ3v) is 5.01. The maximum absolute atomic E-state index is 14.7. The highest BCUT2D eigenvalue weighted by atomic mass is 31.2. The van der Waals surface area contributed by atoms with Crippen molar-refractivity contribution >= 4 is 19.6 Å². The summed E-state index contributed by atoms with van der Waals surface area (Å²) in [5.74, 6) is -0.182. The first-order valence-electron chi connectivity index (χ1n) is 10.1. The third kappa shape index (κ3) is 6.21. The molecule has 1 saturated carbocycles. The summed E-state index contributed by atoms with van der Waals surface area (Å²) in [6, 6.07) is 7.85. The summed E-state index contributed by atoms with van der Waals surface area (Å²) in [5.41, 5.74) is 1.54. The van der Waals surface area contributed by atoms with Gasteiger partial charge >= 0.3 is 13.9 Å². The molecule has 1 amide bonds. The standard InChI is InChI=1S/C19H16F2N6O3.H3O4P/c20-14-7-12(26-9-16(17(21)28)30-19(26)29)4-5-13(14)10-1-6-15(22-8-10)18-23-25-27(24-18)11-2-3-11;1-5(2,3)4/h1,4-8,11,16-17,28H,2-3,9H2;(H3,1,2,3,4). The second kappa shape index (κ2) is 9.71. The number of phosphoric acid groups is 1. The van der Waals surface area contributed by atoms with Gasteiger partial charge in [0.2, 0.25) is 12.2 Å². The molecule has 3 aromatic rings. The number of aliphatic hydroxyl groups excluding tert-OH is 1. The Kier molecular flexibility index (Phi) is 6.87. The Hall–Kier alpha value is -3.36. The van der Waals surface area contributed by atoms with E-state index in [2.05, 4.69) is 20.4 Å². The molecule has 2 atom stereocenters. The number of pyridine rings is 1. The summed E-state index contributed by atoms with van der Waals surface area (Å²) < 4.78 is 41.3. The molecule has 4 N–H and O–H groups in total. The summed E-state index contributed by atoms with van der Waals surface area (Å²) >= 11 is 0. The minimum absolute atomic E-state index is 0.204. The van der Waals surface area contributed by atoms with Crippen LogP contribution in [-0.2, 0) is 9.30 Å². The van der Waals surface area contributed by atoms with Gasteiger partial charge in [-0.2, -0.15) is 4.80 Å². The van der Waals surface area contributed by atoms with Gasteiger partial charge in [-0.05, 0) is 42.3 Å². The van der Waals surface area contributed by atoms with Crippen LogP contribution < -0.4 is 4.90 Å². The van der Waals surface area contributed by atoms with Crippen LogP contribution >= 0.6 is 7.82 Å². The summed E-state index contributed by atoms with van der Waals surface area (Å²) in [6.07, 6.45) is -0.855. The van der Waals surface area contributed by atoms with E-state index >= 15 is 0 Å². The Morgan fingerprint density at radius 1 is 1.17 bits per heavy atom. The van der Waals surface area contributed by atoms with Gasteiger partial charge in [0.15, 0.2) is 6.10 Å². The SMILES string of the molecule is O=C1OC(C(O)F)CN1c1ccc(-c2ccc(-c3nnn(C4CC4)n3)nc2)c(F)c1.O=P(O)(O)O. The van der Waals surface area contributed by atoms with Crippen molar-refractivity contribution in [2.75, 3.05) is 11.4 Å². The summed E-state index contributed by atoms with van der Waals surface area (Å²) in [5, 5.41) is 21.3. The molecule has 5 rings (SSSR count). The smallest absolute Gasteiger partial charge is 0.438 e. The predicted molar refractivity (Wildman–Crippen MR) is 114 cm³/mol. The van der Waals surface area contributed by atoms with Gasteiger partial charge in [-0.15, -0.1) is 10.2 Å². The summed E-state index contributed by atoms with van der Waals surface area (Å²) in [6.45, 7) is -0.208. The minimum Gasteiger partial charge on any atom is -0.438 e. The van der Waals surface area contributed by atoms with Gasteiger partial charge in [-0.3, -0.25) is 9.88 Å². The molecule has 1 aromatic carbocycles. The number of cyclic esters (lactones) is 1. The second-order valence-electron chi connectivity index (χ2n) is 7.68. The number of anilines is 1. The number of ether oxygens (including phenoxy) is 1. The monoisotopic (exact) mass is 512 g/mol. The first-order chi connectivity index (χ1) is 16.5. The molecule has 1 aliphatic heterocycles. The summed E-state index contributed by atoms with van der Waals surface area (Å²) in [7, 11) is -4.64. The minimum atomic E-state index is -4.64. The van der Waals surface area contributed by atoms with Crippen molar-refractivity contribution in [2.24, 2.45) is 0 Å². The van der Waals surface area contributed by atoms with Crippen LogP contribution in [0.2, 0.25) is 0 Å². The molecule has 35 heavy (non-hydrogen) atoms. The fourth-order valence-corrected chi connectivity index (χ4v) is 3.22. The number of alkyl halides is 1. The average Bonchev–Trinajstić information content (AvgIpc) is 3.37. The number of benzene rings is 1.